The van der Waals surface area contributed by atoms with Gasteiger partial charge in [0.05, 0.1) is 16.4 Å². The van der Waals surface area contributed by atoms with Crippen LogP contribution in [0.4, 0.5) is 0 Å². The zero-order valence-corrected chi connectivity index (χ0v) is 14.3. The highest BCUT2D eigenvalue weighted by Crippen LogP contribution is 2.21. The van der Waals surface area contributed by atoms with E-state index in [4.69, 9.17) is 23.8 Å². The van der Waals surface area contributed by atoms with Gasteiger partial charge in [-0.25, -0.2) is 9.97 Å². The highest BCUT2D eigenvalue weighted by atomic mass is 35.5. The molecule has 0 spiro atoms. The average Bonchev–Trinajstić information content (AvgIpc) is 2.83. The topological polar surface area (TPSA) is 49.2 Å². The third kappa shape index (κ3) is 2.78. The molecule has 4 rings (SSSR count). The number of hydrogen-bond acceptors (Lipinski definition) is 4. The van der Waals surface area contributed by atoms with Crippen molar-refractivity contribution in [2.24, 2.45) is 0 Å². The van der Waals surface area contributed by atoms with Crippen LogP contribution < -0.4 is 0 Å². The molecule has 3 aromatic rings. The normalized spacial score (nSPS) is 15.0. The smallest absolute Gasteiger partial charge is 0.196 e. The average molecular weight is 346 g/mol. The minimum Gasteiger partial charge on any atom is -0.334 e. The third-order valence-corrected chi connectivity index (χ3v) is 4.74. The van der Waals surface area contributed by atoms with Crippen molar-refractivity contribution in [2.75, 3.05) is 6.54 Å². The highest BCUT2D eigenvalue weighted by Gasteiger charge is 2.19. The predicted octanol–water partition coefficient (Wildman–Crippen LogP) is 3.31. The second-order valence-electron chi connectivity index (χ2n) is 5.87. The van der Waals surface area contributed by atoms with E-state index < -0.39 is 0 Å². The molecule has 1 N–H and O–H groups in total. The zero-order chi connectivity index (χ0) is 16.0. The molecule has 0 atom stereocenters. The van der Waals surface area contributed by atoms with E-state index in [1.54, 1.807) is 0 Å². The van der Waals surface area contributed by atoms with Gasteiger partial charge in [0.1, 0.15) is 5.65 Å². The molecule has 1 aliphatic rings. The molecule has 0 bridgehead atoms. The minimum atomic E-state index is 0.560. The van der Waals surface area contributed by atoms with Gasteiger partial charge in [0, 0.05) is 49.7 Å². The van der Waals surface area contributed by atoms with Gasteiger partial charge in [0.25, 0.3) is 0 Å². The second-order valence-corrected chi connectivity index (χ2v) is 6.70. The summed E-state index contributed by atoms with van der Waals surface area (Å²) in [6, 6.07) is 3.83. The summed E-state index contributed by atoms with van der Waals surface area (Å²) in [5, 5.41) is 0.719. The first-order valence-corrected chi connectivity index (χ1v) is 8.31. The summed E-state index contributed by atoms with van der Waals surface area (Å²) in [6.07, 6.45) is 4.78. The Hall–Kier alpha value is -1.76. The fourth-order valence-electron chi connectivity index (χ4n) is 3.13. The maximum Gasteiger partial charge on any atom is 0.196 e. The Morgan fingerprint density at radius 1 is 1.39 bits per heavy atom. The van der Waals surface area contributed by atoms with Crippen LogP contribution in [0.5, 0.6) is 0 Å². The van der Waals surface area contributed by atoms with Crippen molar-refractivity contribution in [3.63, 3.8) is 0 Å². The number of pyridine rings is 1. The summed E-state index contributed by atoms with van der Waals surface area (Å²) in [5.41, 5.74) is 5.59. The lowest BCUT2D eigenvalue weighted by Gasteiger charge is -2.28. The van der Waals surface area contributed by atoms with Crippen LogP contribution in [-0.2, 0) is 19.5 Å². The van der Waals surface area contributed by atoms with Gasteiger partial charge in [-0.1, -0.05) is 11.6 Å². The van der Waals surface area contributed by atoms with Crippen LogP contribution in [0.3, 0.4) is 0 Å². The third-order valence-electron chi connectivity index (χ3n) is 4.31. The van der Waals surface area contributed by atoms with E-state index in [-0.39, 0.29) is 0 Å². The molecule has 7 heteroatoms. The predicted molar refractivity (Wildman–Crippen MR) is 92.2 cm³/mol. The van der Waals surface area contributed by atoms with Crippen molar-refractivity contribution >= 4 is 29.5 Å². The van der Waals surface area contributed by atoms with E-state index >= 15 is 0 Å². The standard InChI is InChI=1S/C16H16ClN5S/c1-10-14(22-8-12(17)2-3-15(22)19-10)9-21-5-4-13-11(7-21)6-18-16(23)20-13/h2-3,6,8H,4-5,7,9H2,1H3,(H,18,20,23). The molecule has 23 heavy (non-hydrogen) atoms. The van der Waals surface area contributed by atoms with Crippen LogP contribution in [0.2, 0.25) is 5.02 Å². The molecule has 1 aliphatic heterocycles. The molecule has 118 valence electrons. The number of fused-ring (bicyclic) bond motifs is 2. The highest BCUT2D eigenvalue weighted by molar-refractivity contribution is 7.71. The molecule has 0 aromatic carbocycles. The Labute approximate surface area is 144 Å². The first kappa shape index (κ1) is 14.8. The molecule has 0 saturated heterocycles. The molecule has 0 radical (unpaired) electrons. The van der Waals surface area contributed by atoms with Crippen molar-refractivity contribution in [1.82, 2.24) is 24.3 Å². The van der Waals surface area contributed by atoms with Gasteiger partial charge in [-0.2, -0.15) is 0 Å². The molecule has 4 heterocycles. The molecule has 0 unspecified atom stereocenters. The van der Waals surface area contributed by atoms with E-state index in [1.165, 1.54) is 17.0 Å². The van der Waals surface area contributed by atoms with Gasteiger partial charge in [0.2, 0.25) is 0 Å². The molecule has 0 amide bonds. The van der Waals surface area contributed by atoms with Gasteiger partial charge in [-0.05, 0) is 31.3 Å². The second kappa shape index (κ2) is 5.70. The fourth-order valence-corrected chi connectivity index (χ4v) is 3.46. The zero-order valence-electron chi connectivity index (χ0n) is 12.7. The van der Waals surface area contributed by atoms with Crippen molar-refractivity contribution in [1.29, 1.82) is 0 Å². The number of hydrogen-bond donors (Lipinski definition) is 1. The van der Waals surface area contributed by atoms with Crippen LogP contribution in [0.1, 0.15) is 22.6 Å². The monoisotopic (exact) mass is 345 g/mol. The molecule has 0 fully saturated rings. The molecular formula is C16H16ClN5S. The Morgan fingerprint density at radius 2 is 2.26 bits per heavy atom. The van der Waals surface area contributed by atoms with Gasteiger partial charge in [-0.15, -0.1) is 0 Å². The van der Waals surface area contributed by atoms with Crippen LogP contribution in [0.25, 0.3) is 5.65 Å². The number of aromatic amines is 1. The summed E-state index contributed by atoms with van der Waals surface area (Å²) >= 11 is 11.2. The summed E-state index contributed by atoms with van der Waals surface area (Å²) in [4.78, 5) is 14.4. The largest absolute Gasteiger partial charge is 0.334 e. The molecule has 0 saturated carbocycles. The number of rotatable bonds is 2. The van der Waals surface area contributed by atoms with Gasteiger partial charge in [-0.3, -0.25) is 4.90 Å². The number of nitrogens with zero attached hydrogens (tertiary/aromatic N) is 4. The summed E-state index contributed by atoms with van der Waals surface area (Å²) < 4.78 is 2.65. The quantitative estimate of drug-likeness (QED) is 0.724. The first-order valence-electron chi connectivity index (χ1n) is 7.52. The molecule has 3 aromatic heterocycles. The van der Waals surface area contributed by atoms with Crippen molar-refractivity contribution in [2.45, 2.75) is 26.4 Å². The van der Waals surface area contributed by atoms with Gasteiger partial charge in [0.15, 0.2) is 4.77 Å². The lowest BCUT2D eigenvalue weighted by atomic mass is 10.1. The van der Waals surface area contributed by atoms with Crippen LogP contribution in [0, 0.1) is 11.7 Å². The van der Waals surface area contributed by atoms with Gasteiger partial charge >= 0.3 is 0 Å². The summed E-state index contributed by atoms with van der Waals surface area (Å²) in [6.45, 7) is 4.73. The Kier molecular flexibility index (Phi) is 3.67. The summed E-state index contributed by atoms with van der Waals surface area (Å²) in [5.74, 6) is 0. The van der Waals surface area contributed by atoms with Crippen molar-refractivity contribution in [3.8, 4) is 0 Å². The number of aryl methyl sites for hydroxylation is 1. The Balaban J connectivity index is 1.64. The van der Waals surface area contributed by atoms with Gasteiger partial charge < -0.3 is 9.38 Å². The first-order chi connectivity index (χ1) is 11.1. The number of aromatic nitrogens is 4. The van der Waals surface area contributed by atoms with E-state index in [9.17, 15) is 0 Å². The number of halogens is 1. The lowest BCUT2D eigenvalue weighted by Crippen LogP contribution is -2.31. The number of nitrogens with one attached hydrogen (secondary N) is 1. The van der Waals surface area contributed by atoms with Crippen LogP contribution in [0.15, 0.2) is 24.5 Å². The number of imidazole rings is 1. The van der Waals surface area contributed by atoms with Crippen molar-refractivity contribution < 1.29 is 0 Å². The SMILES string of the molecule is Cc1nc2ccc(Cl)cn2c1CN1CCc2[nH]c(=S)ncc2C1. The Morgan fingerprint density at radius 3 is 3.13 bits per heavy atom. The maximum atomic E-state index is 6.14. The number of H-pyrrole nitrogens is 1. The van der Waals surface area contributed by atoms with E-state index in [0.717, 1.165) is 42.4 Å². The maximum absolute atomic E-state index is 6.14. The molecule has 0 aliphatic carbocycles. The Bertz CT molecular complexity index is 945. The van der Waals surface area contributed by atoms with Crippen LogP contribution in [-0.4, -0.2) is 30.8 Å². The van der Waals surface area contributed by atoms with E-state index in [1.807, 2.05) is 31.5 Å². The lowest BCUT2D eigenvalue weighted by molar-refractivity contribution is 0.239. The minimum absolute atomic E-state index is 0.560. The molecule has 5 nitrogen and oxygen atoms in total. The van der Waals surface area contributed by atoms with E-state index in [2.05, 4.69) is 24.3 Å². The van der Waals surface area contributed by atoms with E-state index in [0.29, 0.717) is 4.77 Å². The van der Waals surface area contributed by atoms with Crippen LogP contribution >= 0.6 is 23.8 Å². The summed E-state index contributed by atoms with van der Waals surface area (Å²) in [7, 11) is 0. The molecular weight excluding hydrogens is 330 g/mol. The fraction of sp³-hybridized carbons (Fsp3) is 0.312. The van der Waals surface area contributed by atoms with Crippen molar-refractivity contribution in [3.05, 3.63) is 57.0 Å².